The van der Waals surface area contributed by atoms with Crippen LogP contribution in [0.4, 0.5) is 10.3 Å². The Morgan fingerprint density at radius 1 is 1.35 bits per heavy atom. The number of rotatable bonds is 4. The third-order valence-electron chi connectivity index (χ3n) is 3.21. The molecule has 0 aliphatic carbocycles. The topological polar surface area (TPSA) is 41.0 Å². The Morgan fingerprint density at radius 3 is 2.59 bits per heavy atom. The van der Waals surface area contributed by atoms with Crippen molar-refractivity contribution in [3.8, 4) is 0 Å². The van der Waals surface area contributed by atoms with Crippen LogP contribution in [0.25, 0.3) is 0 Å². The summed E-state index contributed by atoms with van der Waals surface area (Å²) in [5, 5.41) is 3.35. The number of hydrogen-bond donors (Lipinski definition) is 1. The molecule has 1 N–H and O–H groups in total. The Labute approximate surface area is 101 Å². The molecular weight excluding hydrogens is 219 g/mol. The second-order valence-electron chi connectivity index (χ2n) is 4.43. The van der Waals surface area contributed by atoms with Crippen LogP contribution in [0.15, 0.2) is 12.4 Å². The molecule has 0 unspecified atom stereocenters. The lowest BCUT2D eigenvalue weighted by Crippen LogP contribution is -2.36. The summed E-state index contributed by atoms with van der Waals surface area (Å²) in [6.45, 7) is 6.08. The van der Waals surface area contributed by atoms with Crippen molar-refractivity contribution < 1.29 is 4.39 Å². The average molecular weight is 238 g/mol. The molecule has 1 aliphatic rings. The van der Waals surface area contributed by atoms with E-state index in [1.165, 1.54) is 25.2 Å². The van der Waals surface area contributed by atoms with Gasteiger partial charge in [0.1, 0.15) is 0 Å². The second kappa shape index (κ2) is 5.91. The number of nitrogens with zero attached hydrogens (tertiary/aromatic N) is 3. The molecule has 1 saturated heterocycles. The van der Waals surface area contributed by atoms with E-state index in [-0.39, 0.29) is 5.82 Å². The predicted molar refractivity (Wildman–Crippen MR) is 65.5 cm³/mol. The molecular formula is C12H19FN4. The SMILES string of the molecule is CCN(CC1CCNCC1)c1ncc(F)cn1. The number of nitrogens with one attached hydrogen (secondary N) is 1. The Kier molecular flexibility index (Phi) is 4.25. The smallest absolute Gasteiger partial charge is 0.225 e. The standard InChI is InChI=1S/C12H19FN4/c1-2-17(9-10-3-5-14-6-4-10)12-15-7-11(13)8-16-12/h7-8,10,14H,2-6,9H2,1H3. The summed E-state index contributed by atoms with van der Waals surface area (Å²) in [7, 11) is 0. The minimum Gasteiger partial charge on any atom is -0.341 e. The van der Waals surface area contributed by atoms with E-state index in [0.29, 0.717) is 11.9 Å². The Bertz CT molecular complexity index is 335. The van der Waals surface area contributed by atoms with E-state index in [2.05, 4.69) is 27.1 Å². The summed E-state index contributed by atoms with van der Waals surface area (Å²) in [6, 6.07) is 0. The Balaban J connectivity index is 1.97. The van der Waals surface area contributed by atoms with Crippen LogP contribution < -0.4 is 10.2 Å². The molecule has 94 valence electrons. The van der Waals surface area contributed by atoms with Gasteiger partial charge >= 0.3 is 0 Å². The summed E-state index contributed by atoms with van der Waals surface area (Å²) in [4.78, 5) is 10.2. The predicted octanol–water partition coefficient (Wildman–Crippen LogP) is 1.44. The molecule has 0 bridgehead atoms. The number of halogens is 1. The Hall–Kier alpha value is -1.23. The molecule has 4 nitrogen and oxygen atoms in total. The molecule has 1 aliphatic heterocycles. The maximum Gasteiger partial charge on any atom is 0.225 e. The maximum absolute atomic E-state index is 12.8. The van der Waals surface area contributed by atoms with Crippen molar-refractivity contribution in [1.29, 1.82) is 0 Å². The zero-order valence-electron chi connectivity index (χ0n) is 10.2. The molecule has 2 rings (SSSR count). The van der Waals surface area contributed by atoms with E-state index in [1.807, 2.05) is 0 Å². The highest BCUT2D eigenvalue weighted by atomic mass is 19.1. The number of hydrogen-bond acceptors (Lipinski definition) is 4. The lowest BCUT2D eigenvalue weighted by Gasteiger charge is -2.29. The zero-order chi connectivity index (χ0) is 12.1. The number of piperidine rings is 1. The van der Waals surface area contributed by atoms with Crippen LogP contribution in [0.2, 0.25) is 0 Å². The zero-order valence-corrected chi connectivity index (χ0v) is 10.2. The number of anilines is 1. The van der Waals surface area contributed by atoms with Crippen molar-refractivity contribution >= 4 is 5.95 Å². The molecule has 17 heavy (non-hydrogen) atoms. The normalized spacial score (nSPS) is 17.1. The van der Waals surface area contributed by atoms with E-state index in [0.717, 1.165) is 26.2 Å². The van der Waals surface area contributed by atoms with Crippen LogP contribution in [-0.4, -0.2) is 36.1 Å². The van der Waals surface area contributed by atoms with Gasteiger partial charge in [-0.25, -0.2) is 14.4 Å². The second-order valence-corrected chi connectivity index (χ2v) is 4.43. The van der Waals surface area contributed by atoms with Gasteiger partial charge in [-0.3, -0.25) is 0 Å². The summed E-state index contributed by atoms with van der Waals surface area (Å²) in [6.07, 6.45) is 4.84. The lowest BCUT2D eigenvalue weighted by molar-refractivity contribution is 0.373. The van der Waals surface area contributed by atoms with E-state index in [1.54, 1.807) is 0 Å². The first-order chi connectivity index (χ1) is 8.29. The molecule has 1 fully saturated rings. The number of aromatic nitrogens is 2. The van der Waals surface area contributed by atoms with Crippen molar-refractivity contribution in [1.82, 2.24) is 15.3 Å². The van der Waals surface area contributed by atoms with Crippen molar-refractivity contribution in [3.63, 3.8) is 0 Å². The summed E-state index contributed by atoms with van der Waals surface area (Å²) in [5.74, 6) is 0.934. The van der Waals surface area contributed by atoms with Gasteiger partial charge in [-0.15, -0.1) is 0 Å². The summed E-state index contributed by atoms with van der Waals surface area (Å²) in [5.41, 5.74) is 0. The van der Waals surface area contributed by atoms with Gasteiger partial charge in [0.25, 0.3) is 0 Å². The first kappa shape index (κ1) is 12.2. The highest BCUT2D eigenvalue weighted by molar-refractivity contribution is 5.28. The third-order valence-corrected chi connectivity index (χ3v) is 3.21. The minimum absolute atomic E-state index is 0.383. The van der Waals surface area contributed by atoms with E-state index in [9.17, 15) is 4.39 Å². The first-order valence-electron chi connectivity index (χ1n) is 6.22. The molecule has 0 amide bonds. The lowest BCUT2D eigenvalue weighted by atomic mass is 9.98. The molecule has 0 aromatic carbocycles. The fourth-order valence-corrected chi connectivity index (χ4v) is 2.20. The van der Waals surface area contributed by atoms with Gasteiger partial charge in [-0.05, 0) is 38.8 Å². The van der Waals surface area contributed by atoms with Gasteiger partial charge in [0.05, 0.1) is 12.4 Å². The quantitative estimate of drug-likeness (QED) is 0.862. The van der Waals surface area contributed by atoms with Gasteiger partial charge in [0.2, 0.25) is 5.95 Å². The third kappa shape index (κ3) is 3.36. The molecule has 2 heterocycles. The van der Waals surface area contributed by atoms with E-state index in [4.69, 9.17) is 0 Å². The van der Waals surface area contributed by atoms with E-state index < -0.39 is 0 Å². The van der Waals surface area contributed by atoms with Crippen molar-refractivity contribution in [2.24, 2.45) is 5.92 Å². The molecule has 5 heteroatoms. The largest absolute Gasteiger partial charge is 0.341 e. The maximum atomic E-state index is 12.8. The van der Waals surface area contributed by atoms with Crippen LogP contribution in [-0.2, 0) is 0 Å². The first-order valence-corrected chi connectivity index (χ1v) is 6.22. The van der Waals surface area contributed by atoms with Crippen LogP contribution in [0.5, 0.6) is 0 Å². The average Bonchev–Trinajstić information content (AvgIpc) is 2.38. The highest BCUT2D eigenvalue weighted by Gasteiger charge is 2.17. The molecule has 1 aromatic heterocycles. The summed E-state index contributed by atoms with van der Waals surface area (Å²) >= 11 is 0. The van der Waals surface area contributed by atoms with Gasteiger partial charge in [-0.1, -0.05) is 0 Å². The van der Waals surface area contributed by atoms with Crippen molar-refractivity contribution in [3.05, 3.63) is 18.2 Å². The molecule has 0 radical (unpaired) electrons. The van der Waals surface area contributed by atoms with Crippen LogP contribution in [0.1, 0.15) is 19.8 Å². The van der Waals surface area contributed by atoms with Gasteiger partial charge in [0.15, 0.2) is 5.82 Å². The van der Waals surface area contributed by atoms with E-state index >= 15 is 0 Å². The summed E-state index contributed by atoms with van der Waals surface area (Å²) < 4.78 is 12.8. The fourth-order valence-electron chi connectivity index (χ4n) is 2.20. The fraction of sp³-hybridized carbons (Fsp3) is 0.667. The van der Waals surface area contributed by atoms with Crippen molar-refractivity contribution in [2.75, 3.05) is 31.1 Å². The molecule has 0 spiro atoms. The van der Waals surface area contributed by atoms with Crippen LogP contribution in [0, 0.1) is 11.7 Å². The highest BCUT2D eigenvalue weighted by Crippen LogP contribution is 2.16. The van der Waals surface area contributed by atoms with Crippen LogP contribution in [0.3, 0.4) is 0 Å². The Morgan fingerprint density at radius 2 is 2.00 bits per heavy atom. The van der Waals surface area contributed by atoms with Gasteiger partial charge < -0.3 is 10.2 Å². The molecule has 0 saturated carbocycles. The minimum atomic E-state index is -0.383. The molecule has 1 aromatic rings. The molecule has 0 atom stereocenters. The monoisotopic (exact) mass is 238 g/mol. The van der Waals surface area contributed by atoms with Crippen LogP contribution >= 0.6 is 0 Å². The van der Waals surface area contributed by atoms with Crippen molar-refractivity contribution in [2.45, 2.75) is 19.8 Å². The van der Waals surface area contributed by atoms with Gasteiger partial charge in [-0.2, -0.15) is 0 Å². The van der Waals surface area contributed by atoms with Gasteiger partial charge in [0, 0.05) is 13.1 Å².